The number of hydrogen-bond acceptors (Lipinski definition) is 8. The maximum Gasteiger partial charge on any atom is 0.136 e. The van der Waals surface area contributed by atoms with E-state index in [0.29, 0.717) is 0 Å². The van der Waals surface area contributed by atoms with Crippen molar-refractivity contribution in [2.24, 2.45) is 0 Å². The lowest BCUT2D eigenvalue weighted by Gasteiger charge is -1.90. The van der Waals surface area contributed by atoms with E-state index in [9.17, 15) is 0 Å². The predicted molar refractivity (Wildman–Crippen MR) is 140 cm³/mol. The molecule has 0 saturated carbocycles. The summed E-state index contributed by atoms with van der Waals surface area (Å²) >= 11 is 1.54. The van der Waals surface area contributed by atoms with Crippen molar-refractivity contribution in [1.29, 1.82) is 0 Å². The highest BCUT2D eigenvalue weighted by Crippen LogP contribution is 2.15. The second-order valence-corrected chi connectivity index (χ2v) is 8.31. The number of para-hydroxylation sites is 2. The Labute approximate surface area is 209 Å². The molecule has 6 rings (SSSR count). The van der Waals surface area contributed by atoms with Crippen LogP contribution in [-0.2, 0) is 12.8 Å². The van der Waals surface area contributed by atoms with Crippen LogP contribution in [0.25, 0.3) is 21.1 Å². The minimum absolute atomic E-state index is 0.891. The summed E-state index contributed by atoms with van der Waals surface area (Å²) in [5, 5.41) is 8.71. The van der Waals surface area contributed by atoms with Gasteiger partial charge in [-0.25, -0.2) is 0 Å². The smallest absolute Gasteiger partial charge is 0.136 e. The van der Waals surface area contributed by atoms with Gasteiger partial charge in [-0.2, -0.15) is 4.37 Å². The molecule has 180 valence electrons. The summed E-state index contributed by atoms with van der Waals surface area (Å²) in [4.78, 5) is 8.24. The van der Waals surface area contributed by atoms with Crippen molar-refractivity contribution in [3.63, 3.8) is 0 Å². The summed E-state index contributed by atoms with van der Waals surface area (Å²) in [5.41, 5.74) is 3.89. The normalized spacial score (nSPS) is 9.94. The number of nitrogens with zero attached hydrogens (tertiary/aromatic N) is 5. The van der Waals surface area contributed by atoms with Gasteiger partial charge in [-0.3, -0.25) is 9.97 Å². The Kier molecular flexibility index (Phi) is 10.1. The minimum atomic E-state index is 0.891. The Morgan fingerprint density at radius 1 is 0.771 bits per heavy atom. The van der Waals surface area contributed by atoms with Gasteiger partial charge in [0.25, 0.3) is 0 Å². The van der Waals surface area contributed by atoms with Crippen LogP contribution >= 0.6 is 11.5 Å². The van der Waals surface area contributed by atoms with Gasteiger partial charge < -0.3 is 9.05 Å². The lowest BCUT2D eigenvalue weighted by atomic mass is 10.3. The minimum Gasteiger partial charge on any atom is -0.361 e. The van der Waals surface area contributed by atoms with Gasteiger partial charge in [0.2, 0.25) is 0 Å². The molecular weight excluding hydrogens is 458 g/mol. The van der Waals surface area contributed by atoms with Gasteiger partial charge in [0.15, 0.2) is 0 Å². The van der Waals surface area contributed by atoms with Crippen LogP contribution in [0.2, 0.25) is 0 Å². The number of aryl methyl sites for hydroxylation is 4. The van der Waals surface area contributed by atoms with Crippen LogP contribution in [0.5, 0.6) is 0 Å². The van der Waals surface area contributed by atoms with E-state index in [1.165, 1.54) is 21.6 Å². The van der Waals surface area contributed by atoms with E-state index in [-0.39, 0.29) is 0 Å². The van der Waals surface area contributed by atoms with Crippen LogP contribution in [0.4, 0.5) is 0 Å². The van der Waals surface area contributed by atoms with Gasteiger partial charge in [-0.05, 0) is 50.0 Å². The maximum atomic E-state index is 4.86. The molecular formula is C27H29N5O2S. The van der Waals surface area contributed by atoms with Crippen LogP contribution in [0.15, 0.2) is 88.3 Å². The molecule has 35 heavy (non-hydrogen) atoms. The summed E-state index contributed by atoms with van der Waals surface area (Å²) < 4.78 is 15.0. The molecule has 0 aliphatic carbocycles. The molecule has 0 N–H and O–H groups in total. The highest BCUT2D eigenvalue weighted by Gasteiger charge is 1.94. The summed E-state index contributed by atoms with van der Waals surface area (Å²) in [6.07, 6.45) is 7.17. The van der Waals surface area contributed by atoms with Crippen LogP contribution in [0, 0.1) is 13.8 Å². The van der Waals surface area contributed by atoms with Crippen molar-refractivity contribution in [2.75, 3.05) is 0 Å². The molecule has 2 aromatic carbocycles. The predicted octanol–water partition coefficient (Wildman–Crippen LogP) is 7.02. The number of rotatable bonds is 2. The van der Waals surface area contributed by atoms with E-state index < -0.39 is 0 Å². The lowest BCUT2D eigenvalue weighted by Crippen LogP contribution is -1.78. The molecule has 0 bridgehead atoms. The summed E-state index contributed by atoms with van der Waals surface area (Å²) in [6, 6.07) is 19.9. The van der Waals surface area contributed by atoms with E-state index in [1.54, 1.807) is 12.4 Å². The van der Waals surface area contributed by atoms with E-state index in [1.807, 2.05) is 75.5 Å². The van der Waals surface area contributed by atoms with Gasteiger partial charge in [-0.1, -0.05) is 54.5 Å². The van der Waals surface area contributed by atoms with Gasteiger partial charge in [0.05, 0.1) is 27.1 Å². The summed E-state index contributed by atoms with van der Waals surface area (Å²) in [7, 11) is 0. The Morgan fingerprint density at radius 3 is 1.94 bits per heavy atom. The topological polar surface area (TPSA) is 90.7 Å². The molecule has 6 aromatic rings. The Hall–Kier alpha value is -3.91. The van der Waals surface area contributed by atoms with Crippen LogP contribution in [-0.4, -0.2) is 24.7 Å². The molecule has 7 nitrogen and oxygen atoms in total. The average molecular weight is 488 g/mol. The van der Waals surface area contributed by atoms with Gasteiger partial charge in [0, 0.05) is 42.5 Å². The van der Waals surface area contributed by atoms with Crippen molar-refractivity contribution in [3.8, 4) is 0 Å². The fraction of sp³-hybridized carbons (Fsp3) is 0.222. The van der Waals surface area contributed by atoms with Crippen LogP contribution < -0.4 is 0 Å². The van der Waals surface area contributed by atoms with Crippen molar-refractivity contribution >= 4 is 32.7 Å². The van der Waals surface area contributed by atoms with Crippen molar-refractivity contribution in [1.82, 2.24) is 24.7 Å². The first-order valence-electron chi connectivity index (χ1n) is 11.4. The SMILES string of the molecule is CCc1cc(C)no1.CCc1cc(C)on1.c1ccc2nccnc2c1.c1ccc2sncc2c1. The largest absolute Gasteiger partial charge is 0.361 e. The zero-order valence-electron chi connectivity index (χ0n) is 20.4. The summed E-state index contributed by atoms with van der Waals surface area (Å²) in [5.74, 6) is 1.85. The molecule has 0 saturated heterocycles. The molecule has 0 aliphatic heterocycles. The monoisotopic (exact) mass is 487 g/mol. The highest BCUT2D eigenvalue weighted by atomic mass is 32.1. The molecule has 8 heteroatoms. The molecule has 4 heterocycles. The van der Waals surface area contributed by atoms with Gasteiger partial charge in [-0.15, -0.1) is 0 Å². The lowest BCUT2D eigenvalue weighted by molar-refractivity contribution is 0.383. The van der Waals surface area contributed by atoms with Crippen LogP contribution in [0.3, 0.4) is 0 Å². The number of hydrogen-bond donors (Lipinski definition) is 0. The quantitative estimate of drug-likeness (QED) is 0.259. The Bertz CT molecular complexity index is 1290. The van der Waals surface area contributed by atoms with Gasteiger partial charge >= 0.3 is 0 Å². The standard InChI is InChI=1S/C8H6N2.C7H5NS.2C6H9NO/c1-2-4-8-7(3-1)9-5-6-10-8;1-2-4-7-6(3-1)5-8-9-7;1-3-6-4-5(2)8-7-6;1-3-6-4-5(2)7-8-6/h1-6H;1-5H;2*4H,3H2,1-2H3. The molecule has 0 atom stereocenters. The number of fused-ring (bicyclic) bond motifs is 2. The van der Waals surface area contributed by atoms with Crippen molar-refractivity contribution in [2.45, 2.75) is 40.5 Å². The fourth-order valence-corrected chi connectivity index (χ4v) is 3.53. The van der Waals surface area contributed by atoms with Gasteiger partial charge in [0.1, 0.15) is 11.5 Å². The Morgan fingerprint density at radius 2 is 1.46 bits per heavy atom. The first-order valence-corrected chi connectivity index (χ1v) is 12.2. The summed E-state index contributed by atoms with van der Waals surface area (Å²) in [6.45, 7) is 7.91. The molecule has 4 aromatic heterocycles. The zero-order chi connectivity index (χ0) is 24.9. The third kappa shape index (κ3) is 8.42. The molecule has 0 amide bonds. The highest BCUT2D eigenvalue weighted by molar-refractivity contribution is 7.13. The molecule has 0 unspecified atom stereocenters. The van der Waals surface area contributed by atoms with Crippen LogP contribution in [0.1, 0.15) is 36.8 Å². The first-order chi connectivity index (χ1) is 17.1. The van der Waals surface area contributed by atoms with E-state index in [2.05, 4.69) is 43.7 Å². The van der Waals surface area contributed by atoms with E-state index >= 15 is 0 Å². The molecule has 0 spiro atoms. The van der Waals surface area contributed by atoms with E-state index in [0.717, 1.165) is 46.8 Å². The third-order valence-corrected chi connectivity index (χ3v) is 5.48. The Balaban J connectivity index is 0.000000131. The zero-order valence-corrected chi connectivity index (χ0v) is 21.2. The average Bonchev–Trinajstić information content (AvgIpc) is 3.66. The third-order valence-electron chi connectivity index (χ3n) is 4.70. The molecule has 0 aliphatic rings. The maximum absolute atomic E-state index is 4.86. The molecule has 0 fully saturated rings. The second-order valence-electron chi connectivity index (χ2n) is 7.48. The van der Waals surface area contributed by atoms with E-state index in [4.69, 9.17) is 9.05 Å². The van der Waals surface area contributed by atoms with Crippen molar-refractivity contribution < 1.29 is 9.05 Å². The van der Waals surface area contributed by atoms with Crippen molar-refractivity contribution in [3.05, 3.63) is 102 Å². The number of benzene rings is 2. The molecule has 0 radical (unpaired) electrons. The second kappa shape index (κ2) is 13.7. The number of aromatic nitrogens is 5. The first kappa shape index (κ1) is 25.7. The fourth-order valence-electron chi connectivity index (χ4n) is 2.89.